The Morgan fingerprint density at radius 2 is 1.82 bits per heavy atom. The zero-order chi connectivity index (χ0) is 23.4. The molecule has 3 fully saturated rings. The van der Waals surface area contributed by atoms with Gasteiger partial charge in [-0.25, -0.2) is 4.79 Å². The second-order valence-corrected chi connectivity index (χ2v) is 9.93. The molecule has 2 N–H and O–H groups in total. The van der Waals surface area contributed by atoms with Crippen molar-refractivity contribution in [2.45, 2.75) is 57.7 Å². The molecular formula is C25H37N5O3. The number of likely N-dealkylation sites (N-methyl/N-ethyl adjacent to an activating group) is 1. The van der Waals surface area contributed by atoms with Crippen LogP contribution in [0.2, 0.25) is 0 Å². The number of hydrogen-bond acceptors (Lipinski definition) is 5. The minimum Gasteiger partial charge on any atom is -0.350 e. The fourth-order valence-electron chi connectivity index (χ4n) is 5.24. The Kier molecular flexibility index (Phi) is 7.34. The predicted molar refractivity (Wildman–Crippen MR) is 126 cm³/mol. The van der Waals surface area contributed by atoms with Gasteiger partial charge in [0.2, 0.25) is 5.91 Å². The SMILES string of the molecule is CCC1CCC2(CC1)NC(=O)N(CC(=O)NCc1cccc(CN3CCN(C)CC3)c1)C2=O. The van der Waals surface area contributed by atoms with Gasteiger partial charge in [0.15, 0.2) is 0 Å². The summed E-state index contributed by atoms with van der Waals surface area (Å²) in [6.45, 7) is 7.49. The highest BCUT2D eigenvalue weighted by atomic mass is 16.2. The lowest BCUT2D eigenvalue weighted by Gasteiger charge is -2.34. The smallest absolute Gasteiger partial charge is 0.325 e. The molecule has 2 saturated heterocycles. The Morgan fingerprint density at radius 1 is 1.12 bits per heavy atom. The summed E-state index contributed by atoms with van der Waals surface area (Å²) in [5.41, 5.74) is 1.44. The van der Waals surface area contributed by atoms with Crippen molar-refractivity contribution in [2.75, 3.05) is 39.8 Å². The summed E-state index contributed by atoms with van der Waals surface area (Å²) in [5, 5.41) is 5.77. The van der Waals surface area contributed by atoms with Crippen molar-refractivity contribution in [3.8, 4) is 0 Å². The first kappa shape index (κ1) is 23.7. The molecule has 2 aliphatic heterocycles. The van der Waals surface area contributed by atoms with Gasteiger partial charge in [0.05, 0.1) is 0 Å². The molecule has 1 aromatic rings. The first-order valence-electron chi connectivity index (χ1n) is 12.3. The van der Waals surface area contributed by atoms with E-state index in [-0.39, 0.29) is 18.4 Å². The van der Waals surface area contributed by atoms with Crippen LogP contribution in [-0.4, -0.2) is 77.9 Å². The van der Waals surface area contributed by atoms with Crippen molar-refractivity contribution < 1.29 is 14.4 Å². The molecule has 1 aliphatic carbocycles. The molecule has 4 amide bonds. The van der Waals surface area contributed by atoms with Gasteiger partial charge in [-0.15, -0.1) is 0 Å². The van der Waals surface area contributed by atoms with Crippen LogP contribution in [-0.2, 0) is 22.7 Å². The molecule has 0 bridgehead atoms. The molecule has 8 nitrogen and oxygen atoms in total. The fraction of sp³-hybridized carbons (Fsp3) is 0.640. The van der Waals surface area contributed by atoms with Crippen molar-refractivity contribution in [3.05, 3.63) is 35.4 Å². The normalized spacial score (nSPS) is 26.6. The summed E-state index contributed by atoms with van der Waals surface area (Å²) >= 11 is 0. The van der Waals surface area contributed by atoms with Crippen molar-refractivity contribution >= 4 is 17.8 Å². The van der Waals surface area contributed by atoms with Crippen LogP contribution < -0.4 is 10.6 Å². The van der Waals surface area contributed by atoms with Crippen molar-refractivity contribution in [2.24, 2.45) is 5.92 Å². The first-order valence-corrected chi connectivity index (χ1v) is 12.3. The number of amides is 4. The van der Waals surface area contributed by atoms with Gasteiger partial charge in [-0.3, -0.25) is 19.4 Å². The predicted octanol–water partition coefficient (Wildman–Crippen LogP) is 1.94. The van der Waals surface area contributed by atoms with E-state index in [2.05, 4.69) is 46.5 Å². The Labute approximate surface area is 196 Å². The average Bonchev–Trinajstić information content (AvgIpc) is 3.04. The minimum atomic E-state index is -0.805. The number of carbonyl (C=O) groups excluding carboxylic acids is 3. The Bertz CT molecular complexity index is 873. The maximum Gasteiger partial charge on any atom is 0.325 e. The molecule has 0 aromatic heterocycles. The molecule has 0 atom stereocenters. The number of rotatable bonds is 7. The number of imide groups is 1. The Hall–Kier alpha value is -2.45. The third-order valence-corrected chi connectivity index (χ3v) is 7.57. The van der Waals surface area contributed by atoms with Crippen LogP contribution in [0.3, 0.4) is 0 Å². The second-order valence-electron chi connectivity index (χ2n) is 9.93. The zero-order valence-corrected chi connectivity index (χ0v) is 19.9. The summed E-state index contributed by atoms with van der Waals surface area (Å²) in [7, 11) is 2.15. The van der Waals surface area contributed by atoms with E-state index in [1.807, 2.05) is 12.1 Å². The van der Waals surface area contributed by atoms with E-state index in [1.54, 1.807) is 0 Å². The fourth-order valence-corrected chi connectivity index (χ4v) is 5.24. The van der Waals surface area contributed by atoms with Crippen LogP contribution in [0.5, 0.6) is 0 Å². The van der Waals surface area contributed by atoms with E-state index in [4.69, 9.17) is 0 Å². The number of nitrogens with zero attached hydrogens (tertiary/aromatic N) is 3. The van der Waals surface area contributed by atoms with Crippen LogP contribution in [0, 0.1) is 5.92 Å². The number of hydrogen-bond donors (Lipinski definition) is 2. The summed E-state index contributed by atoms with van der Waals surface area (Å²) in [6.07, 6.45) is 4.30. The van der Waals surface area contributed by atoms with Crippen molar-refractivity contribution in [1.29, 1.82) is 0 Å². The molecule has 180 valence electrons. The molecule has 3 aliphatic rings. The standard InChI is InChI=1S/C25H37N5O3/c1-3-19-7-9-25(10-8-19)23(32)30(24(33)27-25)18-22(31)26-16-20-5-4-6-21(15-20)17-29-13-11-28(2)12-14-29/h4-6,15,19H,3,7-14,16-18H2,1-2H3,(H,26,31)(H,27,33). The van der Waals surface area contributed by atoms with E-state index < -0.39 is 11.6 Å². The topological polar surface area (TPSA) is 85.0 Å². The number of carbonyl (C=O) groups is 3. The monoisotopic (exact) mass is 455 g/mol. The third-order valence-electron chi connectivity index (χ3n) is 7.57. The van der Waals surface area contributed by atoms with Crippen LogP contribution >= 0.6 is 0 Å². The average molecular weight is 456 g/mol. The molecule has 1 aromatic carbocycles. The van der Waals surface area contributed by atoms with E-state index in [0.717, 1.165) is 62.4 Å². The molecule has 0 unspecified atom stereocenters. The van der Waals surface area contributed by atoms with Crippen LogP contribution in [0.4, 0.5) is 4.79 Å². The Morgan fingerprint density at radius 3 is 2.52 bits per heavy atom. The molecular weight excluding hydrogens is 418 g/mol. The number of benzene rings is 1. The van der Waals surface area contributed by atoms with Gasteiger partial charge in [0.1, 0.15) is 12.1 Å². The molecule has 0 radical (unpaired) electrons. The van der Waals surface area contributed by atoms with Gasteiger partial charge in [-0.1, -0.05) is 37.6 Å². The molecule has 8 heteroatoms. The summed E-state index contributed by atoms with van der Waals surface area (Å²) < 4.78 is 0. The lowest BCUT2D eigenvalue weighted by atomic mass is 9.75. The third kappa shape index (κ3) is 5.55. The Balaban J connectivity index is 1.27. The number of nitrogens with one attached hydrogen (secondary N) is 2. The van der Waals surface area contributed by atoms with Crippen molar-refractivity contribution in [1.82, 2.24) is 25.3 Å². The number of urea groups is 1. The quantitative estimate of drug-likeness (QED) is 0.614. The summed E-state index contributed by atoms with van der Waals surface area (Å²) in [4.78, 5) is 43.9. The lowest BCUT2D eigenvalue weighted by molar-refractivity contribution is -0.136. The number of piperazine rings is 1. The van der Waals surface area contributed by atoms with Gasteiger partial charge < -0.3 is 15.5 Å². The van der Waals surface area contributed by atoms with E-state index in [0.29, 0.717) is 25.3 Å². The van der Waals surface area contributed by atoms with Crippen LogP contribution in [0.1, 0.15) is 50.2 Å². The van der Waals surface area contributed by atoms with Crippen molar-refractivity contribution in [3.63, 3.8) is 0 Å². The maximum atomic E-state index is 13.0. The van der Waals surface area contributed by atoms with Gasteiger partial charge in [-0.2, -0.15) is 0 Å². The molecule has 1 saturated carbocycles. The van der Waals surface area contributed by atoms with Crippen LogP contribution in [0.25, 0.3) is 0 Å². The highest BCUT2D eigenvalue weighted by molar-refractivity contribution is 6.09. The van der Waals surface area contributed by atoms with Gasteiger partial charge in [0, 0.05) is 39.3 Å². The maximum absolute atomic E-state index is 13.0. The van der Waals surface area contributed by atoms with Gasteiger partial charge in [0.25, 0.3) is 5.91 Å². The molecule has 33 heavy (non-hydrogen) atoms. The second kappa shape index (κ2) is 10.2. The highest BCUT2D eigenvalue weighted by Crippen LogP contribution is 2.37. The van der Waals surface area contributed by atoms with Gasteiger partial charge >= 0.3 is 6.03 Å². The van der Waals surface area contributed by atoms with E-state index in [9.17, 15) is 14.4 Å². The summed E-state index contributed by atoms with van der Waals surface area (Å²) in [6, 6.07) is 7.79. The van der Waals surface area contributed by atoms with Crippen LogP contribution in [0.15, 0.2) is 24.3 Å². The largest absolute Gasteiger partial charge is 0.350 e. The minimum absolute atomic E-state index is 0.232. The lowest BCUT2D eigenvalue weighted by Crippen LogP contribution is -2.50. The van der Waals surface area contributed by atoms with E-state index in [1.165, 1.54) is 5.56 Å². The molecule has 2 heterocycles. The first-order chi connectivity index (χ1) is 15.9. The molecule has 1 spiro atoms. The zero-order valence-electron chi connectivity index (χ0n) is 19.9. The highest BCUT2D eigenvalue weighted by Gasteiger charge is 2.52. The van der Waals surface area contributed by atoms with Gasteiger partial charge in [-0.05, 0) is 49.8 Å². The summed E-state index contributed by atoms with van der Waals surface area (Å²) in [5.74, 6) is 0.0540. The van der Waals surface area contributed by atoms with E-state index >= 15 is 0 Å². The molecule has 4 rings (SSSR count).